The molecule has 0 unspecified atom stereocenters. The fourth-order valence-corrected chi connectivity index (χ4v) is 5.24. The third kappa shape index (κ3) is 4.68. The average molecular weight is 541 g/mol. The van der Waals surface area contributed by atoms with E-state index in [1.807, 2.05) is 43.3 Å². The van der Waals surface area contributed by atoms with E-state index in [9.17, 15) is 9.59 Å². The molecule has 0 aromatic heterocycles. The summed E-state index contributed by atoms with van der Waals surface area (Å²) in [6.07, 6.45) is 2.98. The average Bonchev–Trinajstić information content (AvgIpc) is 2.78. The fourth-order valence-electron chi connectivity index (χ4n) is 4.68. The number of carbonyl (C=O) groups is 2. The molecule has 1 aliphatic heterocycles. The first kappa shape index (κ1) is 22.8. The summed E-state index contributed by atoms with van der Waals surface area (Å²) >= 11 is 2.27. The van der Waals surface area contributed by atoms with Gasteiger partial charge in [0.25, 0.3) is 0 Å². The quantitative estimate of drug-likeness (QED) is 0.277. The molecule has 4 rings (SSSR count). The number of nitrogens with one attached hydrogen (secondary N) is 1. The van der Waals surface area contributed by atoms with E-state index in [2.05, 4.69) is 53.0 Å². The Labute approximate surface area is 203 Å². The molecule has 4 nitrogen and oxygen atoms in total. The summed E-state index contributed by atoms with van der Waals surface area (Å²) in [6.45, 7) is 4.37. The molecule has 2 aliphatic rings. The molecule has 2 aromatic carbocycles. The minimum absolute atomic E-state index is 0.0998. The van der Waals surface area contributed by atoms with E-state index < -0.39 is 5.92 Å². The van der Waals surface area contributed by atoms with Crippen molar-refractivity contribution in [2.45, 2.75) is 51.4 Å². The lowest BCUT2D eigenvalue weighted by Gasteiger charge is -2.36. The zero-order valence-electron chi connectivity index (χ0n) is 18.5. The highest BCUT2D eigenvalue weighted by atomic mass is 127. The lowest BCUT2D eigenvalue weighted by Crippen LogP contribution is -2.36. The molecular formula is C27H28INO3. The predicted molar refractivity (Wildman–Crippen MR) is 134 cm³/mol. The zero-order chi connectivity index (χ0) is 22.7. The maximum atomic E-state index is 13.5. The van der Waals surface area contributed by atoms with Crippen LogP contribution in [0.5, 0.6) is 0 Å². The highest BCUT2D eigenvalue weighted by Crippen LogP contribution is 2.45. The Bertz CT molecular complexity index is 1090. The van der Waals surface area contributed by atoms with Crippen LogP contribution < -0.4 is 5.32 Å². The summed E-state index contributed by atoms with van der Waals surface area (Å²) < 4.78 is 6.68. The van der Waals surface area contributed by atoms with Crippen LogP contribution in [0.2, 0.25) is 0 Å². The first-order chi connectivity index (χ1) is 15.5. The molecule has 0 bridgehead atoms. The van der Waals surface area contributed by atoms with Crippen molar-refractivity contribution in [3.05, 3.63) is 91.8 Å². The van der Waals surface area contributed by atoms with Crippen molar-refractivity contribution in [1.82, 2.24) is 5.32 Å². The van der Waals surface area contributed by atoms with Crippen molar-refractivity contribution in [3.63, 3.8) is 0 Å². The summed E-state index contributed by atoms with van der Waals surface area (Å²) in [4.78, 5) is 26.7. The first-order valence-electron chi connectivity index (χ1n) is 11.2. The van der Waals surface area contributed by atoms with Crippen LogP contribution in [0.1, 0.15) is 62.5 Å². The minimum atomic E-state index is -0.403. The monoisotopic (exact) mass is 541 g/mol. The summed E-state index contributed by atoms with van der Waals surface area (Å²) in [5.74, 6) is -0.503. The standard InChI is InChI=1S/C27H28INO3/c1-3-4-13-32-27(31)24-17(2)29-22-15-20(18-9-6-5-7-10-18)16-23(30)26(22)25(24)19-11-8-12-21(28)14-19/h5-12,14,20,25,29H,3-4,13,15-16H2,1-2H3/t20-,25+/m0/s1. The molecule has 0 radical (unpaired) electrons. The topological polar surface area (TPSA) is 55.4 Å². The Hall–Kier alpha value is -2.41. The SMILES string of the molecule is CCCCOC(=O)C1=C(C)NC2=C(C(=O)C[C@@H](c3ccccc3)C2)[C@@H]1c1cccc(I)c1. The highest BCUT2D eigenvalue weighted by molar-refractivity contribution is 14.1. The van der Waals surface area contributed by atoms with Crippen LogP contribution in [0.4, 0.5) is 0 Å². The van der Waals surface area contributed by atoms with Gasteiger partial charge in [-0.05, 0) is 71.5 Å². The Kier molecular flexibility index (Phi) is 7.13. The lowest BCUT2D eigenvalue weighted by molar-refractivity contribution is -0.139. The van der Waals surface area contributed by atoms with E-state index in [1.165, 1.54) is 5.56 Å². The number of esters is 1. The van der Waals surface area contributed by atoms with Crippen LogP contribution in [0, 0.1) is 3.57 Å². The third-order valence-corrected chi connectivity index (χ3v) is 6.90. The van der Waals surface area contributed by atoms with Gasteiger partial charge in [-0.1, -0.05) is 55.8 Å². The number of benzene rings is 2. The van der Waals surface area contributed by atoms with Crippen LogP contribution in [-0.4, -0.2) is 18.4 Å². The first-order valence-corrected chi connectivity index (χ1v) is 12.3. The Morgan fingerprint density at radius 2 is 1.84 bits per heavy atom. The maximum absolute atomic E-state index is 13.5. The lowest BCUT2D eigenvalue weighted by atomic mass is 9.72. The van der Waals surface area contributed by atoms with Crippen LogP contribution >= 0.6 is 22.6 Å². The number of allylic oxidation sites excluding steroid dienone is 3. The molecular weight excluding hydrogens is 513 g/mol. The van der Waals surface area contributed by atoms with Crippen molar-refractivity contribution in [2.24, 2.45) is 0 Å². The van der Waals surface area contributed by atoms with Crippen molar-refractivity contribution < 1.29 is 14.3 Å². The Balaban J connectivity index is 1.75. The van der Waals surface area contributed by atoms with Crippen molar-refractivity contribution >= 4 is 34.3 Å². The molecule has 5 heteroatoms. The van der Waals surface area contributed by atoms with Crippen LogP contribution in [-0.2, 0) is 14.3 Å². The molecule has 0 amide bonds. The number of Topliss-reactive ketones (excluding diaryl/α,β-unsaturated/α-hetero) is 1. The molecule has 166 valence electrons. The van der Waals surface area contributed by atoms with Gasteiger partial charge in [0, 0.05) is 32.9 Å². The largest absolute Gasteiger partial charge is 0.462 e. The number of ketones is 1. The molecule has 1 heterocycles. The van der Waals surface area contributed by atoms with Crippen LogP contribution in [0.25, 0.3) is 0 Å². The molecule has 2 atom stereocenters. The molecule has 32 heavy (non-hydrogen) atoms. The molecule has 0 saturated heterocycles. The third-order valence-electron chi connectivity index (χ3n) is 6.23. The Morgan fingerprint density at radius 3 is 2.56 bits per heavy atom. The van der Waals surface area contributed by atoms with Crippen LogP contribution in [0.15, 0.2) is 77.1 Å². The second kappa shape index (κ2) is 10.0. The second-order valence-corrected chi connectivity index (χ2v) is 9.72. The molecule has 2 aromatic rings. The van der Waals surface area contributed by atoms with E-state index in [4.69, 9.17) is 4.74 Å². The van der Waals surface area contributed by atoms with E-state index in [-0.39, 0.29) is 17.7 Å². The number of rotatable bonds is 6. The van der Waals surface area contributed by atoms with Gasteiger partial charge in [0.05, 0.1) is 12.2 Å². The van der Waals surface area contributed by atoms with Gasteiger partial charge < -0.3 is 10.1 Å². The molecule has 0 spiro atoms. The number of ether oxygens (including phenoxy) is 1. The molecule has 1 aliphatic carbocycles. The van der Waals surface area contributed by atoms with Gasteiger partial charge in [0.1, 0.15) is 0 Å². The van der Waals surface area contributed by atoms with E-state index in [1.54, 1.807) is 0 Å². The van der Waals surface area contributed by atoms with E-state index in [0.29, 0.717) is 24.2 Å². The summed E-state index contributed by atoms with van der Waals surface area (Å²) in [6, 6.07) is 18.3. The minimum Gasteiger partial charge on any atom is -0.462 e. The van der Waals surface area contributed by atoms with Crippen molar-refractivity contribution in [2.75, 3.05) is 6.61 Å². The molecule has 1 N–H and O–H groups in total. The smallest absolute Gasteiger partial charge is 0.336 e. The number of dihydropyridines is 1. The van der Waals surface area contributed by atoms with Gasteiger partial charge in [0.15, 0.2) is 5.78 Å². The van der Waals surface area contributed by atoms with Gasteiger partial charge >= 0.3 is 5.97 Å². The highest BCUT2D eigenvalue weighted by Gasteiger charge is 2.41. The number of carbonyl (C=O) groups excluding carboxylic acids is 2. The number of unbranched alkanes of at least 4 members (excludes halogenated alkanes) is 1. The second-order valence-electron chi connectivity index (χ2n) is 8.47. The van der Waals surface area contributed by atoms with Gasteiger partial charge in [-0.25, -0.2) is 4.79 Å². The number of hydrogen-bond donors (Lipinski definition) is 1. The summed E-state index contributed by atoms with van der Waals surface area (Å²) in [7, 11) is 0. The summed E-state index contributed by atoms with van der Waals surface area (Å²) in [5, 5.41) is 3.42. The molecule has 0 saturated carbocycles. The Morgan fingerprint density at radius 1 is 1.09 bits per heavy atom. The van der Waals surface area contributed by atoms with E-state index in [0.717, 1.165) is 39.8 Å². The van der Waals surface area contributed by atoms with Crippen LogP contribution in [0.3, 0.4) is 0 Å². The summed E-state index contributed by atoms with van der Waals surface area (Å²) in [5.41, 5.74) is 5.10. The normalized spacial score (nSPS) is 20.7. The van der Waals surface area contributed by atoms with Crippen molar-refractivity contribution in [1.29, 1.82) is 0 Å². The van der Waals surface area contributed by atoms with Crippen molar-refractivity contribution in [3.8, 4) is 0 Å². The number of hydrogen-bond acceptors (Lipinski definition) is 4. The zero-order valence-corrected chi connectivity index (χ0v) is 20.6. The molecule has 0 fully saturated rings. The van der Waals surface area contributed by atoms with Gasteiger partial charge in [-0.2, -0.15) is 0 Å². The van der Waals surface area contributed by atoms with E-state index >= 15 is 0 Å². The fraction of sp³-hybridized carbons (Fsp3) is 0.333. The number of halogens is 1. The van der Waals surface area contributed by atoms with Gasteiger partial charge in [-0.3, -0.25) is 4.79 Å². The van der Waals surface area contributed by atoms with Gasteiger partial charge in [0.2, 0.25) is 0 Å². The maximum Gasteiger partial charge on any atom is 0.336 e. The van der Waals surface area contributed by atoms with Gasteiger partial charge in [-0.15, -0.1) is 0 Å². The predicted octanol–water partition coefficient (Wildman–Crippen LogP) is 6.00.